The summed E-state index contributed by atoms with van der Waals surface area (Å²) in [4.78, 5) is 66.2. The van der Waals surface area contributed by atoms with Crippen LogP contribution >= 0.6 is 0 Å². The molecule has 284 valence electrons. The molecule has 0 aromatic rings. The van der Waals surface area contributed by atoms with Crippen molar-refractivity contribution in [3.05, 3.63) is 0 Å². The van der Waals surface area contributed by atoms with E-state index in [1.54, 1.807) is 0 Å². The summed E-state index contributed by atoms with van der Waals surface area (Å²) in [5, 5.41) is 0. The molecule has 13 rings (SSSR count). The van der Waals surface area contributed by atoms with Crippen LogP contribution in [0, 0.1) is 75.4 Å². The van der Waals surface area contributed by atoms with Crippen molar-refractivity contribution in [2.24, 2.45) is 75.4 Å². The molecule has 0 aromatic carbocycles. The quantitative estimate of drug-likeness (QED) is 0.242. The van der Waals surface area contributed by atoms with Crippen LogP contribution < -0.4 is 0 Å². The van der Waals surface area contributed by atoms with Gasteiger partial charge >= 0.3 is 23.8 Å². The summed E-state index contributed by atoms with van der Waals surface area (Å²) in [5.41, 5.74) is -2.42. The minimum absolute atomic E-state index is 0.00989. The molecule has 52 heavy (non-hydrogen) atoms. The highest BCUT2D eigenvalue weighted by molar-refractivity contribution is 5.90. The Morgan fingerprint density at radius 1 is 0.692 bits per heavy atom. The second-order valence-electron chi connectivity index (χ2n) is 19.6. The van der Waals surface area contributed by atoms with E-state index in [4.69, 9.17) is 23.7 Å². The Bertz CT molecular complexity index is 1490. The third-order valence-corrected chi connectivity index (χ3v) is 16.1. The first-order chi connectivity index (χ1) is 24.7. The molecular weight excluding hydrogens is 678 g/mol. The van der Waals surface area contributed by atoms with Gasteiger partial charge in [0.25, 0.3) is 0 Å². The molecule has 0 radical (unpaired) electrons. The lowest BCUT2D eigenvalue weighted by atomic mass is 9.49. The Balaban J connectivity index is 0.891. The Kier molecular flexibility index (Phi) is 7.39. The number of hydrogen-bond donors (Lipinski definition) is 0. The number of carbonyl (C=O) groups excluding carboxylic acids is 5. The maximum Gasteiger partial charge on any atom is 0.376 e. The lowest BCUT2D eigenvalue weighted by molar-refractivity contribution is -0.399. The fraction of sp³-hybridized carbons (Fsp3) is 0.875. The number of carbonyl (C=O) groups is 5. The maximum absolute atomic E-state index is 14.0. The number of rotatable bonds is 8. The smallest absolute Gasteiger partial charge is 0.376 e. The van der Waals surface area contributed by atoms with Gasteiger partial charge in [0.05, 0.1) is 35.4 Å². The van der Waals surface area contributed by atoms with Gasteiger partial charge < -0.3 is 23.7 Å². The van der Waals surface area contributed by atoms with E-state index in [0.717, 1.165) is 51.4 Å². The van der Waals surface area contributed by atoms with Gasteiger partial charge in [0.1, 0.15) is 30.9 Å². The molecule has 13 fully saturated rings. The lowest BCUT2D eigenvalue weighted by Crippen LogP contribution is -2.70. The second kappa shape index (κ2) is 11.3. The monoisotopic (exact) mass is 728 g/mol. The third-order valence-electron chi connectivity index (χ3n) is 16.1. The predicted molar refractivity (Wildman–Crippen MR) is 174 cm³/mol. The zero-order valence-electron chi connectivity index (χ0n) is 29.9. The number of esters is 3. The van der Waals surface area contributed by atoms with Crippen LogP contribution in [0.25, 0.3) is 0 Å². The minimum atomic E-state index is -3.62. The van der Waals surface area contributed by atoms with E-state index in [1.807, 2.05) is 0 Å². The first-order valence-corrected chi connectivity index (χ1v) is 20.0. The molecule has 10 nitrogen and oxygen atoms in total. The summed E-state index contributed by atoms with van der Waals surface area (Å²) >= 11 is 0. The Hall–Kier alpha value is -2.47. The molecule has 0 N–H and O–H groups in total. The average molecular weight is 729 g/mol. The van der Waals surface area contributed by atoms with Crippen LogP contribution in [-0.4, -0.2) is 73.7 Å². The summed E-state index contributed by atoms with van der Waals surface area (Å²) in [6.45, 7) is 0.420. The van der Waals surface area contributed by atoms with Crippen molar-refractivity contribution in [3.63, 3.8) is 0 Å². The highest BCUT2D eigenvalue weighted by Gasteiger charge is 2.68. The topological polar surface area (TPSA) is 132 Å². The molecule has 13 aliphatic rings. The predicted octanol–water partition coefficient (Wildman–Crippen LogP) is 5.23. The van der Waals surface area contributed by atoms with Crippen molar-refractivity contribution in [1.29, 1.82) is 0 Å². The standard InChI is InChI=1S/C40H50F2O10/c1-36(41,42)33(45)52-32-23-2-20-7-28(9-23)40(29(32)8-20)50-18-37(19-51-40,16-48-34(46)38-10-21-3-24(12-38)30(43)25(4-21)13-38)17-49-35(47)39-11-22-5-26(14-39)31(44)27(6-22)15-39/h20-29,32H,2-19H2,1H3. The number of hydrogen-bond acceptors (Lipinski definition) is 10. The number of Topliss-reactive ketones (excluding diaryl/α,β-unsaturated/α-hetero) is 2. The van der Waals surface area contributed by atoms with Crippen LogP contribution in [0.15, 0.2) is 0 Å². The first kappa shape index (κ1) is 34.1. The van der Waals surface area contributed by atoms with Crippen LogP contribution in [0.2, 0.25) is 0 Å². The molecular formula is C40H50F2O10. The molecule has 0 amide bonds. The number of ether oxygens (including phenoxy) is 5. The highest BCUT2D eigenvalue weighted by atomic mass is 19.3. The van der Waals surface area contributed by atoms with Gasteiger partial charge in [-0.1, -0.05) is 0 Å². The van der Waals surface area contributed by atoms with E-state index in [2.05, 4.69) is 0 Å². The van der Waals surface area contributed by atoms with Crippen LogP contribution in [0.1, 0.15) is 96.8 Å². The second-order valence-corrected chi connectivity index (χ2v) is 19.6. The zero-order valence-corrected chi connectivity index (χ0v) is 29.9. The first-order valence-electron chi connectivity index (χ1n) is 20.0. The molecule has 0 aromatic heterocycles. The molecule has 9 unspecified atom stereocenters. The van der Waals surface area contributed by atoms with E-state index in [0.29, 0.717) is 63.2 Å². The number of ketones is 2. The summed E-state index contributed by atoms with van der Waals surface area (Å²) in [5.74, 6) is -6.13. The van der Waals surface area contributed by atoms with Crippen LogP contribution in [0.3, 0.4) is 0 Å². The van der Waals surface area contributed by atoms with Crippen LogP contribution in [0.5, 0.6) is 0 Å². The number of alkyl halides is 2. The molecule has 12 bridgehead atoms. The van der Waals surface area contributed by atoms with E-state index in [9.17, 15) is 32.8 Å². The van der Waals surface area contributed by atoms with Crippen molar-refractivity contribution in [1.82, 2.24) is 0 Å². The molecule has 1 heterocycles. The molecule has 1 aliphatic heterocycles. The van der Waals surface area contributed by atoms with Gasteiger partial charge in [-0.15, -0.1) is 0 Å². The normalized spacial score (nSPS) is 50.6. The Morgan fingerprint density at radius 3 is 1.67 bits per heavy atom. The van der Waals surface area contributed by atoms with Gasteiger partial charge in [-0.2, -0.15) is 8.78 Å². The van der Waals surface area contributed by atoms with Crippen molar-refractivity contribution < 1.29 is 56.4 Å². The fourth-order valence-corrected chi connectivity index (χ4v) is 14.2. The van der Waals surface area contributed by atoms with E-state index >= 15 is 0 Å². The van der Waals surface area contributed by atoms with Gasteiger partial charge in [0, 0.05) is 36.5 Å². The Morgan fingerprint density at radius 2 is 1.19 bits per heavy atom. The van der Waals surface area contributed by atoms with Crippen molar-refractivity contribution in [3.8, 4) is 0 Å². The molecule has 1 spiro atoms. The Labute approximate surface area is 302 Å². The van der Waals surface area contributed by atoms with Crippen molar-refractivity contribution >= 4 is 29.5 Å². The van der Waals surface area contributed by atoms with E-state index in [-0.39, 0.29) is 85.4 Å². The molecule has 9 atom stereocenters. The van der Waals surface area contributed by atoms with Gasteiger partial charge in [-0.25, -0.2) is 4.79 Å². The summed E-state index contributed by atoms with van der Waals surface area (Å²) in [7, 11) is 0. The molecule has 12 heteroatoms. The SMILES string of the molecule is CC(F)(F)C(=O)OC1C2CC3CC(C2)C2(OCC(COC(=O)C45CC6CC(C4)C(=O)C(C6)C5)(COC(=O)C45CC6CC(C4)C(=O)C(C6)C5)CO2)C1C3. The number of halogens is 2. The van der Waals surface area contributed by atoms with Crippen LogP contribution in [-0.2, 0) is 47.7 Å². The maximum atomic E-state index is 14.0. The lowest BCUT2D eigenvalue weighted by Gasteiger charge is -2.64. The van der Waals surface area contributed by atoms with Crippen LogP contribution in [0.4, 0.5) is 8.78 Å². The van der Waals surface area contributed by atoms with Crippen molar-refractivity contribution in [2.45, 2.75) is 115 Å². The van der Waals surface area contributed by atoms with E-state index in [1.165, 1.54) is 0 Å². The molecule has 12 aliphatic carbocycles. The van der Waals surface area contributed by atoms with Crippen molar-refractivity contribution in [2.75, 3.05) is 26.4 Å². The molecule has 1 saturated heterocycles. The van der Waals surface area contributed by atoms with Gasteiger partial charge in [0.15, 0.2) is 5.79 Å². The summed E-state index contributed by atoms with van der Waals surface area (Å²) < 4.78 is 59.6. The molecule has 12 saturated carbocycles. The van der Waals surface area contributed by atoms with E-state index < -0.39 is 45.9 Å². The third kappa shape index (κ3) is 5.00. The summed E-state index contributed by atoms with van der Waals surface area (Å²) in [6.07, 6.45) is 9.09. The highest BCUT2D eigenvalue weighted by Crippen LogP contribution is 2.64. The average Bonchev–Trinajstić information content (AvgIpc) is 3.10. The minimum Gasteiger partial charge on any atom is -0.464 e. The van der Waals surface area contributed by atoms with Gasteiger partial charge in [-0.05, 0) is 114 Å². The summed E-state index contributed by atoms with van der Waals surface area (Å²) in [6, 6.07) is 0. The largest absolute Gasteiger partial charge is 0.464 e. The van der Waals surface area contributed by atoms with Gasteiger partial charge in [-0.3, -0.25) is 19.2 Å². The van der Waals surface area contributed by atoms with Gasteiger partial charge in [0.2, 0.25) is 0 Å². The zero-order chi connectivity index (χ0) is 36.0. The fourth-order valence-electron chi connectivity index (χ4n) is 14.2.